The fraction of sp³-hybridized carbons (Fsp3) is 0.273. The summed E-state index contributed by atoms with van der Waals surface area (Å²) in [6.07, 6.45) is 2.13. The van der Waals surface area contributed by atoms with Crippen molar-refractivity contribution in [1.82, 2.24) is 29.0 Å². The van der Waals surface area contributed by atoms with Gasteiger partial charge < -0.3 is 9.47 Å². The molecule has 1 fully saturated rings. The van der Waals surface area contributed by atoms with Crippen molar-refractivity contribution in [3.05, 3.63) is 82.3 Å². The summed E-state index contributed by atoms with van der Waals surface area (Å²) in [5, 5.41) is 19.7. The van der Waals surface area contributed by atoms with Gasteiger partial charge in [0.25, 0.3) is 11.6 Å². The largest absolute Gasteiger partial charge is 0.417 e. The number of pyridine rings is 1. The second-order valence-electron chi connectivity index (χ2n) is 8.22. The topological polar surface area (TPSA) is 111 Å². The average molecular weight is 485 g/mol. The lowest BCUT2D eigenvalue weighted by atomic mass is 9.96. The van der Waals surface area contributed by atoms with E-state index in [4.69, 9.17) is 0 Å². The first kappa shape index (κ1) is 22.5. The van der Waals surface area contributed by atoms with E-state index < -0.39 is 22.6 Å². The summed E-state index contributed by atoms with van der Waals surface area (Å²) in [4.78, 5) is 29.7. The number of piperidine rings is 1. The number of amides is 1. The first-order chi connectivity index (χ1) is 16.7. The molecule has 0 saturated carbocycles. The van der Waals surface area contributed by atoms with Crippen molar-refractivity contribution in [2.75, 3.05) is 13.1 Å². The predicted molar refractivity (Wildman–Crippen MR) is 116 cm³/mol. The third-order valence-electron chi connectivity index (χ3n) is 6.03. The minimum Gasteiger partial charge on any atom is -0.338 e. The van der Waals surface area contributed by atoms with Crippen LogP contribution in [0.3, 0.4) is 0 Å². The Bertz CT molecular complexity index is 1420. The Hall–Kier alpha value is -4.29. The molecule has 1 atom stereocenters. The highest BCUT2D eigenvalue weighted by Crippen LogP contribution is 2.32. The van der Waals surface area contributed by atoms with E-state index in [1.807, 2.05) is 0 Å². The average Bonchev–Trinajstić information content (AvgIpc) is 3.52. The fourth-order valence-corrected chi connectivity index (χ4v) is 4.33. The Morgan fingerprint density at radius 1 is 1.17 bits per heavy atom. The minimum absolute atomic E-state index is 0.145. The van der Waals surface area contributed by atoms with Gasteiger partial charge in [-0.1, -0.05) is 0 Å². The van der Waals surface area contributed by atoms with Gasteiger partial charge in [-0.05, 0) is 37.1 Å². The molecule has 0 N–H and O–H groups in total. The van der Waals surface area contributed by atoms with Gasteiger partial charge in [-0.15, -0.1) is 10.2 Å². The van der Waals surface area contributed by atoms with Crippen molar-refractivity contribution >= 4 is 17.2 Å². The summed E-state index contributed by atoms with van der Waals surface area (Å²) in [6.45, 7) is 0.615. The molecule has 1 unspecified atom stereocenters. The molecule has 10 nitrogen and oxygen atoms in total. The van der Waals surface area contributed by atoms with Crippen LogP contribution in [0.4, 0.5) is 18.9 Å². The summed E-state index contributed by atoms with van der Waals surface area (Å²) in [5.41, 5.74) is -0.365. The van der Waals surface area contributed by atoms with Gasteiger partial charge in [0.15, 0.2) is 5.65 Å². The SMILES string of the molecule is O=C(c1ccc(-n2ccnc2)c([N+](=O)[O-])c1)N1CCCC(c2nnc3ccc(C(F)(F)F)cn23)C1. The van der Waals surface area contributed by atoms with Gasteiger partial charge in [0.1, 0.15) is 11.5 Å². The maximum absolute atomic E-state index is 13.2. The number of carbonyl (C=O) groups excluding carboxylic acids is 1. The van der Waals surface area contributed by atoms with Crippen LogP contribution in [0, 0.1) is 10.1 Å². The predicted octanol–water partition coefficient (Wildman–Crippen LogP) is 3.86. The van der Waals surface area contributed by atoms with Crippen LogP contribution >= 0.6 is 0 Å². The Morgan fingerprint density at radius 2 is 2.00 bits per heavy atom. The van der Waals surface area contributed by atoms with Gasteiger partial charge in [0, 0.05) is 49.2 Å². The molecule has 0 radical (unpaired) electrons. The molecule has 5 rings (SSSR count). The van der Waals surface area contributed by atoms with Gasteiger partial charge in [-0.25, -0.2) is 4.98 Å². The molecule has 0 bridgehead atoms. The van der Waals surface area contributed by atoms with E-state index in [9.17, 15) is 28.1 Å². The zero-order valence-corrected chi connectivity index (χ0v) is 18.1. The zero-order chi connectivity index (χ0) is 24.7. The van der Waals surface area contributed by atoms with Crippen molar-refractivity contribution < 1.29 is 22.9 Å². The number of nitro benzene ring substituents is 1. The lowest BCUT2D eigenvalue weighted by Crippen LogP contribution is -2.39. The summed E-state index contributed by atoms with van der Waals surface area (Å²) >= 11 is 0. The highest BCUT2D eigenvalue weighted by molar-refractivity contribution is 5.95. The molecule has 4 heterocycles. The maximum atomic E-state index is 13.2. The summed E-state index contributed by atoms with van der Waals surface area (Å²) in [7, 11) is 0. The number of fused-ring (bicyclic) bond motifs is 1. The lowest BCUT2D eigenvalue weighted by Gasteiger charge is -2.32. The van der Waals surface area contributed by atoms with Crippen molar-refractivity contribution in [3.63, 3.8) is 0 Å². The fourth-order valence-electron chi connectivity index (χ4n) is 4.33. The van der Waals surface area contributed by atoms with Crippen molar-refractivity contribution in [2.24, 2.45) is 0 Å². The zero-order valence-electron chi connectivity index (χ0n) is 18.1. The Labute approximate surface area is 195 Å². The Morgan fingerprint density at radius 3 is 2.71 bits per heavy atom. The number of alkyl halides is 3. The summed E-state index contributed by atoms with van der Waals surface area (Å²) in [6, 6.07) is 6.43. The van der Waals surface area contributed by atoms with Gasteiger partial charge >= 0.3 is 6.18 Å². The molecule has 1 saturated heterocycles. The molecule has 0 spiro atoms. The number of nitrogens with zero attached hydrogens (tertiary/aromatic N) is 7. The highest BCUT2D eigenvalue weighted by Gasteiger charge is 2.33. The van der Waals surface area contributed by atoms with E-state index in [1.165, 1.54) is 45.8 Å². The molecule has 1 amide bonds. The number of aromatic nitrogens is 5. The third kappa shape index (κ3) is 4.20. The smallest absolute Gasteiger partial charge is 0.338 e. The van der Waals surface area contributed by atoms with Crippen LogP contribution in [0.15, 0.2) is 55.2 Å². The van der Waals surface area contributed by atoms with Crippen molar-refractivity contribution in [2.45, 2.75) is 24.9 Å². The lowest BCUT2D eigenvalue weighted by molar-refractivity contribution is -0.384. The van der Waals surface area contributed by atoms with Crippen molar-refractivity contribution in [1.29, 1.82) is 0 Å². The van der Waals surface area contributed by atoms with E-state index in [2.05, 4.69) is 15.2 Å². The van der Waals surface area contributed by atoms with E-state index in [0.29, 0.717) is 25.2 Å². The van der Waals surface area contributed by atoms with E-state index >= 15 is 0 Å². The van der Waals surface area contributed by atoms with E-state index in [1.54, 1.807) is 11.1 Å². The highest BCUT2D eigenvalue weighted by atomic mass is 19.4. The molecular formula is C22H18F3N7O3. The molecule has 1 aromatic carbocycles. The summed E-state index contributed by atoms with van der Waals surface area (Å²) < 4.78 is 42.4. The Kier molecular flexibility index (Phi) is 5.46. The third-order valence-corrected chi connectivity index (χ3v) is 6.03. The maximum Gasteiger partial charge on any atom is 0.417 e. The molecule has 1 aliphatic heterocycles. The van der Waals surface area contributed by atoms with Gasteiger partial charge in [0.2, 0.25) is 0 Å². The number of carbonyl (C=O) groups is 1. The van der Waals surface area contributed by atoms with Crippen LogP contribution in [-0.4, -0.2) is 53.0 Å². The molecule has 4 aromatic rings. The summed E-state index contributed by atoms with van der Waals surface area (Å²) in [5.74, 6) is -0.406. The van der Waals surface area contributed by atoms with Crippen LogP contribution in [0.1, 0.15) is 40.5 Å². The second kappa shape index (κ2) is 8.49. The van der Waals surface area contributed by atoms with Crippen LogP contribution in [0.5, 0.6) is 0 Å². The molecule has 180 valence electrons. The second-order valence-corrected chi connectivity index (χ2v) is 8.22. The number of halogens is 3. The first-order valence-corrected chi connectivity index (χ1v) is 10.7. The molecule has 3 aromatic heterocycles. The quantitative estimate of drug-likeness (QED) is 0.321. The van der Waals surface area contributed by atoms with Crippen LogP contribution in [-0.2, 0) is 6.18 Å². The van der Waals surface area contributed by atoms with E-state index in [0.717, 1.165) is 12.3 Å². The number of nitro groups is 1. The minimum atomic E-state index is -4.51. The van der Waals surface area contributed by atoms with Crippen molar-refractivity contribution in [3.8, 4) is 5.69 Å². The first-order valence-electron chi connectivity index (χ1n) is 10.7. The van der Waals surface area contributed by atoms with Gasteiger partial charge in [-0.2, -0.15) is 13.2 Å². The number of likely N-dealkylation sites (tertiary alicyclic amines) is 1. The molecule has 1 aliphatic rings. The standard InChI is InChI=1S/C22H18F3N7O3/c23-22(24,25)16-4-6-19-27-28-20(31(19)12-16)15-2-1-8-29(11-15)21(33)14-3-5-17(18(10-14)32(34)35)30-9-7-26-13-30/h3-7,9-10,12-13,15H,1-2,8,11H2. The number of rotatable bonds is 4. The monoisotopic (exact) mass is 485 g/mol. The Balaban J connectivity index is 1.42. The molecule has 0 aliphatic carbocycles. The number of hydrogen-bond acceptors (Lipinski definition) is 6. The van der Waals surface area contributed by atoms with Crippen LogP contribution in [0.25, 0.3) is 11.3 Å². The molecular weight excluding hydrogens is 467 g/mol. The van der Waals surface area contributed by atoms with Gasteiger partial charge in [-0.3, -0.25) is 19.3 Å². The number of imidazole rings is 1. The van der Waals surface area contributed by atoms with Gasteiger partial charge in [0.05, 0.1) is 16.8 Å². The van der Waals surface area contributed by atoms with Crippen LogP contribution in [0.2, 0.25) is 0 Å². The van der Waals surface area contributed by atoms with E-state index in [-0.39, 0.29) is 35.0 Å². The normalized spacial score (nSPS) is 16.5. The van der Waals surface area contributed by atoms with Crippen LogP contribution < -0.4 is 0 Å². The molecule has 13 heteroatoms. The molecule has 35 heavy (non-hydrogen) atoms. The number of hydrogen-bond donors (Lipinski definition) is 0. The number of benzene rings is 1.